The molecule has 15 nitrogen and oxygen atoms in total. The van der Waals surface area contributed by atoms with Crippen molar-refractivity contribution in [3.8, 4) is 0 Å². The zero-order valence-electron chi connectivity index (χ0n) is 34.7. The second-order valence-corrected chi connectivity index (χ2v) is 19.1. The standard InChI is InChI=1S/C43H48F3N9O6S/c1-24-23-48-42(52-38(24)49-26-10-11-29(44)33(22-26)53-62(60,61)43(2,3)4)50-27-20-30(45)36(31(46)21-27)25-14-18-54(19-15-25)17-6-5-16-47-32-9-7-8-28-37(32)41(59)55(40(28)58)34-12-13-35(56)51-39(34)57/h7-11,20-23,25,34,47,53H,5-6,12-19H2,1-4H3,(H,51,56,57)(H2,48,49,50,52). The van der Waals surface area contributed by atoms with Crippen molar-refractivity contribution in [2.45, 2.75) is 82.9 Å². The molecule has 0 saturated carbocycles. The lowest BCUT2D eigenvalue weighted by molar-refractivity contribution is -0.136. The Balaban J connectivity index is 0.893. The summed E-state index contributed by atoms with van der Waals surface area (Å²) in [7, 11) is -3.90. The van der Waals surface area contributed by atoms with Crippen LogP contribution in [0.4, 0.5) is 47.7 Å². The Hall–Kier alpha value is -6.08. The largest absolute Gasteiger partial charge is 0.384 e. The number of anilines is 6. The van der Waals surface area contributed by atoms with E-state index in [1.54, 1.807) is 25.1 Å². The molecule has 7 rings (SSSR count). The second-order valence-electron chi connectivity index (χ2n) is 16.7. The molecule has 1 atom stereocenters. The molecule has 3 aromatic carbocycles. The van der Waals surface area contributed by atoms with Crippen LogP contribution in [-0.2, 0) is 19.6 Å². The quantitative estimate of drug-likeness (QED) is 0.0666. The molecule has 0 radical (unpaired) electrons. The number of halogens is 3. The first-order valence-corrected chi connectivity index (χ1v) is 21.9. The SMILES string of the molecule is Cc1cnc(Nc2cc(F)c(C3CCN(CCCCNc4cccc5c4C(=O)N(C4CCC(=O)NC4=O)C5=O)CC3)c(F)c2)nc1Nc1ccc(F)c(NS(=O)(=O)C(C)(C)C)c1. The summed E-state index contributed by atoms with van der Waals surface area (Å²) in [4.78, 5) is 62.4. The number of fused-ring (bicyclic) bond motifs is 1. The van der Waals surface area contributed by atoms with Gasteiger partial charge in [-0.2, -0.15) is 4.98 Å². The Labute approximate surface area is 357 Å². The molecule has 1 aromatic heterocycles. The number of nitrogens with zero attached hydrogens (tertiary/aromatic N) is 4. The van der Waals surface area contributed by atoms with E-state index in [9.17, 15) is 32.0 Å². The number of hydrogen-bond donors (Lipinski definition) is 5. The summed E-state index contributed by atoms with van der Waals surface area (Å²) in [6.07, 6.45) is 4.30. The van der Waals surface area contributed by atoms with Gasteiger partial charge in [0.2, 0.25) is 27.8 Å². The number of imide groups is 2. The van der Waals surface area contributed by atoms with Crippen molar-refractivity contribution in [1.82, 2.24) is 25.1 Å². The van der Waals surface area contributed by atoms with E-state index in [0.29, 0.717) is 55.2 Å². The summed E-state index contributed by atoms with van der Waals surface area (Å²) in [6, 6.07) is 10.2. The van der Waals surface area contributed by atoms with Crippen LogP contribution < -0.4 is 26.0 Å². The van der Waals surface area contributed by atoms with Crippen LogP contribution >= 0.6 is 0 Å². The average Bonchev–Trinajstić information content (AvgIpc) is 3.46. The predicted molar refractivity (Wildman–Crippen MR) is 228 cm³/mol. The molecule has 1 unspecified atom stereocenters. The van der Waals surface area contributed by atoms with Gasteiger partial charge in [-0.05, 0) is 128 Å². The van der Waals surface area contributed by atoms with Gasteiger partial charge in [0.25, 0.3) is 11.8 Å². The zero-order valence-corrected chi connectivity index (χ0v) is 35.5. The third kappa shape index (κ3) is 9.37. The van der Waals surface area contributed by atoms with Gasteiger partial charge in [-0.1, -0.05) is 6.07 Å². The molecule has 2 fully saturated rings. The lowest BCUT2D eigenvalue weighted by Crippen LogP contribution is -2.54. The van der Waals surface area contributed by atoms with E-state index in [1.807, 2.05) is 0 Å². The maximum atomic E-state index is 15.6. The second kappa shape index (κ2) is 17.7. The summed E-state index contributed by atoms with van der Waals surface area (Å²) >= 11 is 0. The number of unbranched alkanes of at least 4 members (excludes halogenated alkanes) is 1. The number of piperidine rings is 2. The van der Waals surface area contributed by atoms with Gasteiger partial charge in [-0.25, -0.2) is 26.6 Å². The van der Waals surface area contributed by atoms with Crippen molar-refractivity contribution in [1.29, 1.82) is 0 Å². The van der Waals surface area contributed by atoms with Crippen molar-refractivity contribution < 1.29 is 40.8 Å². The first kappa shape index (κ1) is 44.0. The summed E-state index contributed by atoms with van der Waals surface area (Å²) in [5.41, 5.74) is 1.74. The fourth-order valence-electron chi connectivity index (χ4n) is 7.71. The Bertz CT molecular complexity index is 2520. The Morgan fingerprint density at radius 2 is 1.58 bits per heavy atom. The summed E-state index contributed by atoms with van der Waals surface area (Å²) in [5.74, 6) is -4.35. The molecule has 0 aliphatic carbocycles. The lowest BCUT2D eigenvalue weighted by atomic mass is 9.88. The molecular weight excluding hydrogens is 828 g/mol. The Morgan fingerprint density at radius 3 is 2.27 bits per heavy atom. The molecule has 4 aromatic rings. The van der Waals surface area contributed by atoms with Gasteiger partial charge in [-0.15, -0.1) is 0 Å². The number of sulfonamides is 1. The summed E-state index contributed by atoms with van der Waals surface area (Å²) in [6.45, 7) is 8.80. The molecule has 5 N–H and O–H groups in total. The van der Waals surface area contributed by atoms with Crippen molar-refractivity contribution >= 4 is 68.2 Å². The number of likely N-dealkylation sites (tertiary alicyclic amines) is 1. The normalized spacial score (nSPS) is 17.5. The summed E-state index contributed by atoms with van der Waals surface area (Å²) in [5, 5.41) is 11.4. The molecule has 3 aliphatic rings. The molecule has 0 spiro atoms. The number of amides is 4. The minimum absolute atomic E-state index is 0.0281. The third-order valence-corrected chi connectivity index (χ3v) is 13.4. The van der Waals surface area contributed by atoms with Crippen LogP contribution in [0.5, 0.6) is 0 Å². The Morgan fingerprint density at radius 1 is 0.855 bits per heavy atom. The first-order chi connectivity index (χ1) is 29.4. The maximum Gasteiger partial charge on any atom is 0.264 e. The van der Waals surface area contributed by atoms with Gasteiger partial charge >= 0.3 is 0 Å². The van der Waals surface area contributed by atoms with E-state index in [1.165, 1.54) is 51.2 Å². The molecule has 4 amide bonds. The molecular formula is C43H48F3N9O6S. The topological polar surface area (TPSA) is 195 Å². The van der Waals surface area contributed by atoms with Crippen LogP contribution in [0.3, 0.4) is 0 Å². The van der Waals surface area contributed by atoms with E-state index in [-0.39, 0.29) is 52.8 Å². The number of hydrogen-bond acceptors (Lipinski definition) is 12. The van der Waals surface area contributed by atoms with Crippen LogP contribution in [0.2, 0.25) is 0 Å². The lowest BCUT2D eigenvalue weighted by Gasteiger charge is -2.32. The zero-order chi connectivity index (χ0) is 44.5. The number of rotatable bonds is 14. The van der Waals surface area contributed by atoms with Crippen molar-refractivity contribution in [2.75, 3.05) is 46.9 Å². The van der Waals surface area contributed by atoms with Crippen LogP contribution in [-0.4, -0.2) is 88.8 Å². The monoisotopic (exact) mass is 875 g/mol. The number of carbonyl (C=O) groups is 4. The van der Waals surface area contributed by atoms with Crippen molar-refractivity contribution in [3.63, 3.8) is 0 Å². The third-order valence-electron chi connectivity index (χ3n) is 11.3. The van der Waals surface area contributed by atoms with Crippen LogP contribution in [0.15, 0.2) is 54.7 Å². The van der Waals surface area contributed by atoms with E-state index in [2.05, 4.69) is 40.9 Å². The molecule has 0 bridgehead atoms. The van der Waals surface area contributed by atoms with Gasteiger partial charge < -0.3 is 20.9 Å². The highest BCUT2D eigenvalue weighted by Crippen LogP contribution is 2.35. The minimum atomic E-state index is -3.90. The molecule has 2 saturated heterocycles. The fourth-order valence-corrected chi connectivity index (χ4v) is 8.46. The van der Waals surface area contributed by atoms with Gasteiger partial charge in [0.1, 0.15) is 29.3 Å². The molecule has 3 aliphatic heterocycles. The highest BCUT2D eigenvalue weighted by atomic mass is 32.2. The van der Waals surface area contributed by atoms with Gasteiger partial charge in [0.05, 0.1) is 21.6 Å². The number of carbonyl (C=O) groups excluding carboxylic acids is 4. The van der Waals surface area contributed by atoms with E-state index in [0.717, 1.165) is 30.4 Å². The molecule has 62 heavy (non-hydrogen) atoms. The first-order valence-electron chi connectivity index (χ1n) is 20.4. The highest BCUT2D eigenvalue weighted by molar-refractivity contribution is 7.94. The van der Waals surface area contributed by atoms with Crippen LogP contribution in [0.1, 0.15) is 97.1 Å². The molecule has 4 heterocycles. The average molecular weight is 876 g/mol. The molecule has 328 valence electrons. The van der Waals surface area contributed by atoms with Gasteiger partial charge in [-0.3, -0.25) is 34.1 Å². The predicted octanol–water partition coefficient (Wildman–Crippen LogP) is 6.70. The van der Waals surface area contributed by atoms with Crippen molar-refractivity contribution in [3.05, 3.63) is 94.4 Å². The summed E-state index contributed by atoms with van der Waals surface area (Å²) < 4.78 is 72.2. The molecule has 19 heteroatoms. The highest BCUT2D eigenvalue weighted by Gasteiger charge is 2.45. The smallest absolute Gasteiger partial charge is 0.264 e. The van der Waals surface area contributed by atoms with E-state index >= 15 is 8.78 Å². The van der Waals surface area contributed by atoms with E-state index < -0.39 is 61.9 Å². The van der Waals surface area contributed by atoms with Crippen molar-refractivity contribution in [2.24, 2.45) is 0 Å². The van der Waals surface area contributed by atoms with Crippen LogP contribution in [0.25, 0.3) is 0 Å². The number of benzene rings is 3. The Kier molecular flexibility index (Phi) is 12.6. The van der Waals surface area contributed by atoms with Gasteiger partial charge in [0.15, 0.2) is 0 Å². The number of aryl methyl sites for hydroxylation is 1. The number of aromatic nitrogens is 2. The fraction of sp³-hybridized carbons (Fsp3) is 0.395. The maximum absolute atomic E-state index is 15.6. The van der Waals surface area contributed by atoms with Gasteiger partial charge in [0, 0.05) is 47.4 Å². The number of nitrogens with one attached hydrogen (secondary N) is 5. The van der Waals surface area contributed by atoms with E-state index in [4.69, 9.17) is 0 Å². The minimum Gasteiger partial charge on any atom is -0.384 e. The van der Waals surface area contributed by atoms with Crippen LogP contribution in [0, 0.1) is 24.4 Å².